The van der Waals surface area contributed by atoms with Crippen LogP contribution in [0.15, 0.2) is 12.2 Å². The van der Waals surface area contributed by atoms with Gasteiger partial charge in [-0.2, -0.15) is 0 Å². The van der Waals surface area contributed by atoms with Crippen molar-refractivity contribution in [3.8, 4) is 0 Å². The molecule has 0 aliphatic heterocycles. The Bertz CT molecular complexity index is 457. The Morgan fingerprint density at radius 1 is 0.957 bits per heavy atom. The van der Waals surface area contributed by atoms with Crippen LogP contribution in [0.3, 0.4) is 0 Å². The smallest absolute Gasteiger partial charge is 0.327 e. The highest BCUT2D eigenvalue weighted by Gasteiger charge is 2.40. The molecule has 1 saturated carbocycles. The summed E-state index contributed by atoms with van der Waals surface area (Å²) in [4.78, 5) is 32.6. The molecular formula is C16H24O7. The highest BCUT2D eigenvalue weighted by atomic mass is 16.4. The van der Waals surface area contributed by atoms with E-state index in [9.17, 15) is 24.6 Å². The normalized spacial score (nSPS) is 27.4. The van der Waals surface area contributed by atoms with Gasteiger partial charge in [-0.25, -0.2) is 4.79 Å². The van der Waals surface area contributed by atoms with Gasteiger partial charge in [0.05, 0.1) is 12.2 Å². The highest BCUT2D eigenvalue weighted by Crippen LogP contribution is 2.38. The van der Waals surface area contributed by atoms with Crippen LogP contribution in [0.1, 0.15) is 44.9 Å². The van der Waals surface area contributed by atoms with Gasteiger partial charge in [0.15, 0.2) is 0 Å². The van der Waals surface area contributed by atoms with Crippen molar-refractivity contribution in [3.63, 3.8) is 0 Å². The van der Waals surface area contributed by atoms with Crippen molar-refractivity contribution < 1.29 is 34.8 Å². The first-order valence-electron chi connectivity index (χ1n) is 7.80. The molecule has 4 atom stereocenters. The molecule has 0 aromatic rings. The number of aliphatic carboxylic acids is 2. The van der Waals surface area contributed by atoms with Gasteiger partial charge < -0.3 is 20.4 Å². The lowest BCUT2D eigenvalue weighted by molar-refractivity contribution is -0.137. The van der Waals surface area contributed by atoms with Gasteiger partial charge in [-0.05, 0) is 37.5 Å². The van der Waals surface area contributed by atoms with Gasteiger partial charge in [-0.15, -0.1) is 0 Å². The lowest BCUT2D eigenvalue weighted by atomic mass is 9.85. The van der Waals surface area contributed by atoms with E-state index in [1.807, 2.05) is 0 Å². The molecule has 1 aliphatic rings. The van der Waals surface area contributed by atoms with Crippen LogP contribution in [0.2, 0.25) is 0 Å². The zero-order chi connectivity index (χ0) is 17.4. The topological polar surface area (TPSA) is 132 Å². The number of ketones is 1. The summed E-state index contributed by atoms with van der Waals surface area (Å²) >= 11 is 0. The molecule has 4 N–H and O–H groups in total. The maximum Gasteiger partial charge on any atom is 0.327 e. The largest absolute Gasteiger partial charge is 0.481 e. The van der Waals surface area contributed by atoms with Crippen molar-refractivity contribution in [1.82, 2.24) is 0 Å². The first-order chi connectivity index (χ1) is 10.8. The standard InChI is InChI=1S/C16H24O7/c17-10(3-1-5-15(20)21)7-8-12-11(4-2-6-16(22)23)13(18)9-14(12)19/h1,5,11-14,18-19H,2-4,6-9H2,(H,20,21)(H,22,23)/b5-1-. The molecule has 1 rings (SSSR count). The Morgan fingerprint density at radius 2 is 1.57 bits per heavy atom. The average molecular weight is 328 g/mol. The van der Waals surface area contributed by atoms with Crippen LogP contribution in [0.5, 0.6) is 0 Å². The van der Waals surface area contributed by atoms with E-state index >= 15 is 0 Å². The number of allylic oxidation sites excluding steroid dienone is 1. The van der Waals surface area contributed by atoms with Crippen molar-refractivity contribution in [1.29, 1.82) is 0 Å². The van der Waals surface area contributed by atoms with E-state index < -0.39 is 24.1 Å². The minimum atomic E-state index is -1.11. The van der Waals surface area contributed by atoms with Gasteiger partial charge in [-0.1, -0.05) is 6.08 Å². The number of carboxylic acids is 2. The van der Waals surface area contributed by atoms with Gasteiger partial charge in [-0.3, -0.25) is 9.59 Å². The molecule has 23 heavy (non-hydrogen) atoms. The minimum absolute atomic E-state index is 0.0188. The molecule has 1 fully saturated rings. The molecule has 4 unspecified atom stereocenters. The number of aliphatic hydroxyl groups is 2. The lowest BCUT2D eigenvalue weighted by Gasteiger charge is -2.23. The number of carboxylic acid groups (broad SMARTS) is 2. The first kappa shape index (κ1) is 19.3. The monoisotopic (exact) mass is 328 g/mol. The van der Waals surface area contributed by atoms with E-state index in [0.717, 1.165) is 6.08 Å². The van der Waals surface area contributed by atoms with Crippen molar-refractivity contribution in [2.45, 2.75) is 57.2 Å². The Balaban J connectivity index is 2.46. The summed E-state index contributed by atoms with van der Waals surface area (Å²) < 4.78 is 0. The van der Waals surface area contributed by atoms with Crippen molar-refractivity contribution in [2.24, 2.45) is 11.8 Å². The first-order valence-corrected chi connectivity index (χ1v) is 7.80. The van der Waals surface area contributed by atoms with Crippen molar-refractivity contribution in [2.75, 3.05) is 0 Å². The second-order valence-corrected chi connectivity index (χ2v) is 6.01. The maximum absolute atomic E-state index is 11.7. The molecule has 0 aromatic carbocycles. The molecule has 7 heteroatoms. The van der Waals surface area contributed by atoms with Crippen molar-refractivity contribution in [3.05, 3.63) is 12.2 Å². The summed E-state index contributed by atoms with van der Waals surface area (Å²) in [6.45, 7) is 0. The predicted octanol–water partition coefficient (Wildman–Crippen LogP) is 0.979. The summed E-state index contributed by atoms with van der Waals surface area (Å²) in [6, 6.07) is 0. The van der Waals surface area contributed by atoms with Crippen LogP contribution in [0.25, 0.3) is 0 Å². The third kappa shape index (κ3) is 6.92. The molecular weight excluding hydrogens is 304 g/mol. The summed E-state index contributed by atoms with van der Waals surface area (Å²) in [5.74, 6) is -2.56. The van der Waals surface area contributed by atoms with Gasteiger partial charge >= 0.3 is 11.9 Å². The van der Waals surface area contributed by atoms with E-state index in [1.54, 1.807) is 0 Å². The molecule has 0 heterocycles. The molecule has 0 saturated heterocycles. The van der Waals surface area contributed by atoms with Gasteiger partial charge in [0.1, 0.15) is 5.78 Å². The van der Waals surface area contributed by atoms with E-state index in [1.165, 1.54) is 6.08 Å². The fourth-order valence-corrected chi connectivity index (χ4v) is 3.19. The molecule has 0 amide bonds. The van der Waals surface area contributed by atoms with E-state index in [2.05, 4.69) is 0 Å². The molecule has 0 spiro atoms. The van der Waals surface area contributed by atoms with Crippen LogP contribution >= 0.6 is 0 Å². The predicted molar refractivity (Wildman–Crippen MR) is 80.7 cm³/mol. The third-order valence-electron chi connectivity index (χ3n) is 4.31. The number of carbonyl (C=O) groups excluding carboxylic acids is 1. The molecule has 130 valence electrons. The fraction of sp³-hybridized carbons (Fsp3) is 0.688. The minimum Gasteiger partial charge on any atom is -0.481 e. The number of hydrogen-bond donors (Lipinski definition) is 4. The summed E-state index contributed by atoms with van der Waals surface area (Å²) in [6.07, 6.45) is 2.67. The number of rotatable bonds is 10. The molecule has 7 nitrogen and oxygen atoms in total. The van der Waals surface area contributed by atoms with Crippen LogP contribution in [0.4, 0.5) is 0 Å². The maximum atomic E-state index is 11.7. The molecule has 1 aliphatic carbocycles. The van der Waals surface area contributed by atoms with Crippen LogP contribution < -0.4 is 0 Å². The van der Waals surface area contributed by atoms with Crippen LogP contribution in [-0.4, -0.2) is 50.4 Å². The quantitative estimate of drug-likeness (QED) is 0.439. The second-order valence-electron chi connectivity index (χ2n) is 6.01. The number of aliphatic hydroxyl groups excluding tert-OH is 2. The average Bonchev–Trinajstić information content (AvgIpc) is 2.70. The Labute approximate surface area is 134 Å². The lowest BCUT2D eigenvalue weighted by Crippen LogP contribution is -2.23. The van der Waals surface area contributed by atoms with E-state index in [4.69, 9.17) is 10.2 Å². The van der Waals surface area contributed by atoms with Gasteiger partial charge in [0, 0.05) is 25.3 Å². The Morgan fingerprint density at radius 3 is 2.13 bits per heavy atom. The number of hydrogen-bond acceptors (Lipinski definition) is 5. The summed E-state index contributed by atoms with van der Waals surface area (Å²) in [5.41, 5.74) is 0. The van der Waals surface area contributed by atoms with Crippen molar-refractivity contribution >= 4 is 17.7 Å². The molecule has 0 radical (unpaired) electrons. The highest BCUT2D eigenvalue weighted by molar-refractivity contribution is 5.83. The Hall–Kier alpha value is -1.73. The third-order valence-corrected chi connectivity index (χ3v) is 4.31. The number of Topliss-reactive ketones (excluding diaryl/α,β-unsaturated/α-hetero) is 1. The van der Waals surface area contributed by atoms with Gasteiger partial charge in [0.25, 0.3) is 0 Å². The van der Waals surface area contributed by atoms with Crippen LogP contribution in [-0.2, 0) is 14.4 Å². The fourth-order valence-electron chi connectivity index (χ4n) is 3.19. The SMILES string of the molecule is O=C(O)/C=C\CC(=O)CCC1C(O)CC(O)C1CCCC(=O)O. The van der Waals surface area contributed by atoms with Gasteiger partial charge in [0.2, 0.25) is 0 Å². The zero-order valence-corrected chi connectivity index (χ0v) is 12.9. The molecule has 0 aromatic heterocycles. The summed E-state index contributed by atoms with van der Waals surface area (Å²) in [5, 5.41) is 37.1. The van der Waals surface area contributed by atoms with Crippen LogP contribution in [0, 0.1) is 11.8 Å². The Kier molecular flexibility index (Phi) is 7.91. The molecule has 0 bridgehead atoms. The van der Waals surface area contributed by atoms with E-state index in [-0.39, 0.29) is 43.3 Å². The summed E-state index contributed by atoms with van der Waals surface area (Å²) in [7, 11) is 0. The second kappa shape index (κ2) is 9.42. The van der Waals surface area contributed by atoms with E-state index in [0.29, 0.717) is 19.3 Å². The number of carbonyl (C=O) groups is 3. The zero-order valence-electron chi connectivity index (χ0n) is 12.9.